The molecule has 160 valence electrons. The largest absolute Gasteiger partial charge is 0.414 e. The zero-order valence-electron chi connectivity index (χ0n) is 17.7. The van der Waals surface area contributed by atoms with E-state index in [1.165, 1.54) is 12.1 Å². The first kappa shape index (κ1) is 25.0. The fourth-order valence-electron chi connectivity index (χ4n) is 1.97. The lowest BCUT2D eigenvalue weighted by Gasteiger charge is -2.36. The van der Waals surface area contributed by atoms with Gasteiger partial charge in [0, 0.05) is 0 Å². The molecule has 6 nitrogen and oxygen atoms in total. The molecule has 1 aromatic carbocycles. The highest BCUT2D eigenvalue weighted by atomic mass is 32.2. The Bertz CT molecular complexity index is 735. The maximum atomic E-state index is 12.1. The predicted octanol–water partition coefficient (Wildman–Crippen LogP) is 3.39. The minimum atomic E-state index is -3.90. The number of aryl methyl sites for hydroxylation is 1. The summed E-state index contributed by atoms with van der Waals surface area (Å²) < 4.78 is 35.0. The van der Waals surface area contributed by atoms with Gasteiger partial charge in [-0.1, -0.05) is 50.6 Å². The van der Waals surface area contributed by atoms with Crippen molar-refractivity contribution in [3.05, 3.63) is 42.0 Å². The Labute approximate surface area is 170 Å². The molecular formula is C20H34O6SSi. The summed E-state index contributed by atoms with van der Waals surface area (Å²) in [6.07, 6.45) is 1.54. The topological polar surface area (TPSA) is 93.1 Å². The third-order valence-corrected chi connectivity index (χ3v) is 10.7. The first-order valence-electron chi connectivity index (χ1n) is 9.37. The Balaban J connectivity index is 2.43. The van der Waals surface area contributed by atoms with Crippen molar-refractivity contribution in [3.8, 4) is 0 Å². The van der Waals surface area contributed by atoms with Crippen molar-refractivity contribution in [2.45, 2.75) is 69.4 Å². The van der Waals surface area contributed by atoms with Crippen LogP contribution in [0.15, 0.2) is 41.3 Å². The molecule has 0 bridgehead atoms. The van der Waals surface area contributed by atoms with E-state index in [1.807, 2.05) is 6.92 Å². The van der Waals surface area contributed by atoms with E-state index in [1.54, 1.807) is 24.3 Å². The van der Waals surface area contributed by atoms with Crippen LogP contribution in [0.25, 0.3) is 0 Å². The van der Waals surface area contributed by atoms with Crippen LogP contribution in [-0.2, 0) is 18.7 Å². The van der Waals surface area contributed by atoms with Gasteiger partial charge in [-0.05, 0) is 43.6 Å². The molecule has 0 heterocycles. The average Bonchev–Trinajstić information content (AvgIpc) is 2.58. The second-order valence-corrected chi connectivity index (χ2v) is 14.9. The molecule has 8 heteroatoms. The summed E-state index contributed by atoms with van der Waals surface area (Å²) in [5.74, 6) is 0. The van der Waals surface area contributed by atoms with Crippen LogP contribution in [0.2, 0.25) is 18.1 Å². The van der Waals surface area contributed by atoms with Gasteiger partial charge in [-0.2, -0.15) is 8.42 Å². The minimum Gasteiger partial charge on any atom is -0.414 e. The lowest BCUT2D eigenvalue weighted by Crippen LogP contribution is -2.42. The second-order valence-electron chi connectivity index (χ2n) is 8.51. The summed E-state index contributed by atoms with van der Waals surface area (Å²) in [6.45, 7) is 12.3. The highest BCUT2D eigenvalue weighted by molar-refractivity contribution is 7.86. The summed E-state index contributed by atoms with van der Waals surface area (Å²) in [7, 11) is -5.83. The quantitative estimate of drug-likeness (QED) is 0.336. The van der Waals surface area contributed by atoms with E-state index < -0.39 is 30.6 Å². The maximum Gasteiger partial charge on any atom is 0.297 e. The Morgan fingerprint density at radius 3 is 2.21 bits per heavy atom. The first-order chi connectivity index (χ1) is 12.7. The molecule has 0 aliphatic carbocycles. The number of aliphatic hydroxyl groups is 2. The van der Waals surface area contributed by atoms with E-state index in [2.05, 4.69) is 33.9 Å². The van der Waals surface area contributed by atoms with Crippen LogP contribution >= 0.6 is 0 Å². The molecule has 0 spiro atoms. The molecular weight excluding hydrogens is 396 g/mol. The van der Waals surface area contributed by atoms with Crippen LogP contribution in [0, 0.1) is 6.92 Å². The Morgan fingerprint density at radius 2 is 1.68 bits per heavy atom. The maximum absolute atomic E-state index is 12.1. The molecule has 28 heavy (non-hydrogen) atoms. The van der Waals surface area contributed by atoms with Gasteiger partial charge >= 0.3 is 0 Å². The Morgan fingerprint density at radius 1 is 1.11 bits per heavy atom. The van der Waals surface area contributed by atoms with Crippen LogP contribution in [0.4, 0.5) is 0 Å². The van der Waals surface area contributed by atoms with Crippen molar-refractivity contribution in [2.75, 3.05) is 13.2 Å². The summed E-state index contributed by atoms with van der Waals surface area (Å²) >= 11 is 0. The van der Waals surface area contributed by atoms with Crippen LogP contribution < -0.4 is 0 Å². The van der Waals surface area contributed by atoms with E-state index in [0.29, 0.717) is 0 Å². The highest BCUT2D eigenvalue weighted by Crippen LogP contribution is 2.36. The van der Waals surface area contributed by atoms with Crippen LogP contribution in [0.3, 0.4) is 0 Å². The zero-order valence-corrected chi connectivity index (χ0v) is 19.5. The lowest BCUT2D eigenvalue weighted by atomic mass is 10.2. The van der Waals surface area contributed by atoms with Crippen LogP contribution in [0.1, 0.15) is 32.8 Å². The third-order valence-electron chi connectivity index (χ3n) is 4.91. The number of hydrogen-bond acceptors (Lipinski definition) is 6. The van der Waals surface area contributed by atoms with Gasteiger partial charge in [0.1, 0.15) is 0 Å². The van der Waals surface area contributed by atoms with Gasteiger partial charge in [0.2, 0.25) is 0 Å². The van der Waals surface area contributed by atoms with Crippen molar-refractivity contribution in [2.24, 2.45) is 0 Å². The number of benzene rings is 1. The molecule has 2 N–H and O–H groups in total. The zero-order chi connectivity index (χ0) is 21.6. The van der Waals surface area contributed by atoms with Gasteiger partial charge in [0.15, 0.2) is 8.32 Å². The molecule has 0 unspecified atom stereocenters. The molecule has 0 aliphatic heterocycles. The molecule has 1 rings (SSSR count). The highest BCUT2D eigenvalue weighted by Gasteiger charge is 2.37. The summed E-state index contributed by atoms with van der Waals surface area (Å²) in [5.41, 5.74) is 0.945. The number of aliphatic hydroxyl groups excluding tert-OH is 2. The molecule has 0 saturated carbocycles. The van der Waals surface area contributed by atoms with Crippen molar-refractivity contribution in [1.82, 2.24) is 0 Å². The molecule has 0 aliphatic rings. The van der Waals surface area contributed by atoms with Crippen molar-refractivity contribution in [1.29, 1.82) is 0 Å². The van der Waals surface area contributed by atoms with Gasteiger partial charge in [0.25, 0.3) is 10.1 Å². The van der Waals surface area contributed by atoms with Crippen LogP contribution in [0.5, 0.6) is 0 Å². The van der Waals surface area contributed by atoms with E-state index >= 15 is 0 Å². The smallest absolute Gasteiger partial charge is 0.297 e. The summed E-state index contributed by atoms with van der Waals surface area (Å²) in [6, 6.07) is 6.30. The molecule has 0 amide bonds. The summed E-state index contributed by atoms with van der Waals surface area (Å²) in [5, 5.41) is 20.0. The monoisotopic (exact) mass is 430 g/mol. The number of rotatable bonds is 10. The number of hydrogen-bond donors (Lipinski definition) is 2. The van der Waals surface area contributed by atoms with Gasteiger partial charge in [-0.15, -0.1) is 0 Å². The molecule has 1 aromatic rings. The fourth-order valence-corrected chi connectivity index (χ4v) is 3.93. The van der Waals surface area contributed by atoms with E-state index in [0.717, 1.165) is 5.56 Å². The molecule has 0 aromatic heterocycles. The van der Waals surface area contributed by atoms with Crippen molar-refractivity contribution in [3.63, 3.8) is 0 Å². The van der Waals surface area contributed by atoms with Crippen molar-refractivity contribution < 1.29 is 27.2 Å². The van der Waals surface area contributed by atoms with Gasteiger partial charge in [-0.3, -0.25) is 4.18 Å². The first-order valence-corrected chi connectivity index (χ1v) is 13.7. The van der Waals surface area contributed by atoms with E-state index in [9.17, 15) is 18.6 Å². The van der Waals surface area contributed by atoms with Gasteiger partial charge in [0.05, 0.1) is 30.3 Å². The van der Waals surface area contributed by atoms with Crippen molar-refractivity contribution >= 4 is 18.4 Å². The van der Waals surface area contributed by atoms with E-state index in [4.69, 9.17) is 8.61 Å². The predicted molar refractivity (Wildman–Crippen MR) is 113 cm³/mol. The second kappa shape index (κ2) is 10.1. The SMILES string of the molecule is Cc1ccc(S(=O)(=O)OC[C@@H](O)C/C=C\[C@H](O)CO[Si](C)(C)C(C)(C)C)cc1. The lowest BCUT2D eigenvalue weighted by molar-refractivity contribution is 0.111. The van der Waals surface area contributed by atoms with Gasteiger partial charge in [-0.25, -0.2) is 0 Å². The third kappa shape index (κ3) is 8.14. The average molecular weight is 431 g/mol. The minimum absolute atomic E-state index is 0.0547. The van der Waals surface area contributed by atoms with Gasteiger partial charge < -0.3 is 14.6 Å². The molecule has 0 fully saturated rings. The molecule has 0 radical (unpaired) electrons. The standard InChI is InChI=1S/C20H34O6SSi/c1-16-10-12-19(13-11-16)27(23,24)25-14-17(21)8-7-9-18(22)15-26-28(5,6)20(2,3)4/h7,9-13,17-18,21-22H,8,14-15H2,1-6H3/b9-7-/t17-,18-/m0/s1. The molecule has 2 atom stereocenters. The Hall–Kier alpha value is -1.03. The molecule has 0 saturated heterocycles. The Kier molecular flexibility index (Phi) is 9.05. The van der Waals surface area contributed by atoms with Crippen LogP contribution in [-0.4, -0.2) is 52.4 Å². The normalized spacial score (nSPS) is 15.7. The fraction of sp³-hybridized carbons (Fsp3) is 0.600. The summed E-state index contributed by atoms with van der Waals surface area (Å²) in [4.78, 5) is 0.0547. The van der Waals surface area contributed by atoms with E-state index in [-0.39, 0.29) is 29.6 Å².